The lowest BCUT2D eigenvalue weighted by Crippen LogP contribution is -2.30. The Morgan fingerprint density at radius 2 is 1.76 bits per heavy atom. The summed E-state index contributed by atoms with van der Waals surface area (Å²) in [6, 6.07) is 7.23. The SMILES string of the molecule is Cc1cc(C)c(NC(=O)CN(C)Cc2ccc(S(=O)(=O)N3CCCC3)o2)c(C)c1. The van der Waals surface area contributed by atoms with E-state index in [2.05, 4.69) is 5.32 Å². The highest BCUT2D eigenvalue weighted by molar-refractivity contribution is 7.89. The summed E-state index contributed by atoms with van der Waals surface area (Å²) in [6.07, 6.45) is 1.76. The number of sulfonamides is 1. The summed E-state index contributed by atoms with van der Waals surface area (Å²) in [7, 11) is -1.76. The van der Waals surface area contributed by atoms with Crippen LogP contribution in [0.15, 0.2) is 33.8 Å². The van der Waals surface area contributed by atoms with Crippen molar-refractivity contribution in [3.05, 3.63) is 46.7 Å². The van der Waals surface area contributed by atoms with Gasteiger partial charge >= 0.3 is 0 Å². The number of nitrogens with one attached hydrogen (secondary N) is 1. The van der Waals surface area contributed by atoms with Crippen LogP contribution in [0.4, 0.5) is 5.69 Å². The van der Waals surface area contributed by atoms with Crippen molar-refractivity contribution in [3.8, 4) is 0 Å². The third-order valence-corrected chi connectivity index (χ3v) is 6.85. The Bertz CT molecular complexity index is 968. The number of aryl methyl sites for hydroxylation is 3. The van der Waals surface area contributed by atoms with Gasteiger partial charge in [-0.25, -0.2) is 8.42 Å². The van der Waals surface area contributed by atoms with E-state index >= 15 is 0 Å². The highest BCUT2D eigenvalue weighted by Gasteiger charge is 2.30. The highest BCUT2D eigenvalue weighted by atomic mass is 32.2. The molecule has 1 aromatic heterocycles. The lowest BCUT2D eigenvalue weighted by molar-refractivity contribution is -0.117. The Hall–Kier alpha value is -2.16. The minimum absolute atomic E-state index is 0.0295. The molecule has 0 radical (unpaired) electrons. The Morgan fingerprint density at radius 1 is 1.14 bits per heavy atom. The first kappa shape index (κ1) is 21.5. The Balaban J connectivity index is 1.59. The van der Waals surface area contributed by atoms with E-state index in [1.807, 2.05) is 32.9 Å². The first-order valence-electron chi connectivity index (χ1n) is 9.82. The fraction of sp³-hybridized carbons (Fsp3) is 0.476. The maximum Gasteiger partial charge on any atom is 0.276 e. The number of hydrogen-bond donors (Lipinski definition) is 1. The van der Waals surface area contributed by atoms with Crippen molar-refractivity contribution in [3.63, 3.8) is 0 Å². The second-order valence-corrected chi connectivity index (χ2v) is 9.70. The number of carbonyl (C=O) groups excluding carboxylic acids is 1. The van der Waals surface area contributed by atoms with Gasteiger partial charge in [-0.3, -0.25) is 9.69 Å². The molecule has 8 heteroatoms. The van der Waals surface area contributed by atoms with Gasteiger partial charge in [0.05, 0.1) is 13.1 Å². The number of hydrogen-bond acceptors (Lipinski definition) is 5. The number of anilines is 1. The summed E-state index contributed by atoms with van der Waals surface area (Å²) in [6.45, 7) is 7.57. The molecule has 0 unspecified atom stereocenters. The largest absolute Gasteiger partial charge is 0.447 e. The van der Waals surface area contributed by atoms with E-state index < -0.39 is 10.0 Å². The molecule has 1 aliphatic rings. The monoisotopic (exact) mass is 419 g/mol. The molecule has 0 saturated carbocycles. The fourth-order valence-electron chi connectivity index (χ4n) is 3.76. The van der Waals surface area contributed by atoms with Crippen molar-refractivity contribution in [1.29, 1.82) is 0 Å². The van der Waals surface area contributed by atoms with Crippen LogP contribution in [0.1, 0.15) is 35.3 Å². The van der Waals surface area contributed by atoms with E-state index in [4.69, 9.17) is 4.42 Å². The average Bonchev–Trinajstić information content (AvgIpc) is 3.30. The molecule has 1 amide bonds. The molecule has 158 valence electrons. The van der Waals surface area contributed by atoms with Crippen LogP contribution in [0.25, 0.3) is 0 Å². The van der Waals surface area contributed by atoms with Crippen LogP contribution < -0.4 is 5.32 Å². The van der Waals surface area contributed by atoms with Gasteiger partial charge in [0.2, 0.25) is 11.0 Å². The maximum atomic E-state index is 12.6. The fourth-order valence-corrected chi connectivity index (χ4v) is 5.21. The quantitative estimate of drug-likeness (QED) is 0.746. The van der Waals surface area contributed by atoms with Crippen LogP contribution in [0, 0.1) is 20.8 Å². The maximum absolute atomic E-state index is 12.6. The molecule has 0 bridgehead atoms. The van der Waals surface area contributed by atoms with Crippen molar-refractivity contribution in [2.24, 2.45) is 0 Å². The predicted molar refractivity (Wildman–Crippen MR) is 112 cm³/mol. The van der Waals surface area contributed by atoms with Crippen molar-refractivity contribution >= 4 is 21.6 Å². The Labute approximate surface area is 172 Å². The number of furan rings is 1. The van der Waals surface area contributed by atoms with Crippen LogP contribution in [0.5, 0.6) is 0 Å². The molecule has 3 rings (SSSR count). The Kier molecular flexibility index (Phi) is 6.45. The highest BCUT2D eigenvalue weighted by Crippen LogP contribution is 2.24. The summed E-state index contributed by atoms with van der Waals surface area (Å²) in [5, 5.41) is 2.95. The van der Waals surface area contributed by atoms with E-state index in [0.717, 1.165) is 35.2 Å². The lowest BCUT2D eigenvalue weighted by atomic mass is 10.1. The van der Waals surface area contributed by atoms with Crippen molar-refractivity contribution < 1.29 is 17.6 Å². The predicted octanol–water partition coefficient (Wildman–Crippen LogP) is 3.06. The number of benzene rings is 1. The van der Waals surface area contributed by atoms with Crippen molar-refractivity contribution in [1.82, 2.24) is 9.21 Å². The molecule has 7 nitrogen and oxygen atoms in total. The standard InChI is InChI=1S/C21H29N3O4S/c1-15-11-16(2)21(17(3)12-15)22-19(25)14-23(4)13-18-7-8-20(28-18)29(26,27)24-9-5-6-10-24/h7-8,11-12H,5-6,9-10,13-14H2,1-4H3,(H,22,25). The van der Waals surface area contributed by atoms with E-state index in [1.54, 1.807) is 18.0 Å². The molecule has 2 aromatic rings. The molecular weight excluding hydrogens is 390 g/mol. The summed E-state index contributed by atoms with van der Waals surface area (Å²) in [4.78, 5) is 14.2. The lowest BCUT2D eigenvalue weighted by Gasteiger charge is -2.17. The first-order valence-corrected chi connectivity index (χ1v) is 11.3. The molecule has 0 spiro atoms. The van der Waals surface area contributed by atoms with Crippen LogP contribution in [-0.4, -0.2) is 50.2 Å². The summed E-state index contributed by atoms with van der Waals surface area (Å²) < 4.78 is 32.2. The summed E-state index contributed by atoms with van der Waals surface area (Å²) in [5.74, 6) is 0.389. The van der Waals surface area contributed by atoms with Crippen molar-refractivity contribution in [2.75, 3.05) is 32.0 Å². The molecule has 29 heavy (non-hydrogen) atoms. The number of amides is 1. The minimum Gasteiger partial charge on any atom is -0.447 e. The van der Waals surface area contributed by atoms with Gasteiger partial charge in [0.1, 0.15) is 5.76 Å². The van der Waals surface area contributed by atoms with Crippen LogP contribution >= 0.6 is 0 Å². The average molecular weight is 420 g/mol. The molecule has 1 fully saturated rings. The van der Waals surface area contributed by atoms with Gasteiger partial charge in [-0.05, 0) is 63.9 Å². The summed E-state index contributed by atoms with van der Waals surface area (Å²) >= 11 is 0. The Morgan fingerprint density at radius 3 is 2.38 bits per heavy atom. The van der Waals surface area contributed by atoms with E-state index in [9.17, 15) is 13.2 Å². The summed E-state index contributed by atoms with van der Waals surface area (Å²) in [5.41, 5.74) is 4.06. The second-order valence-electron chi connectivity index (χ2n) is 7.83. The molecule has 1 aliphatic heterocycles. The van der Waals surface area contributed by atoms with Gasteiger partial charge < -0.3 is 9.73 Å². The van der Waals surface area contributed by atoms with Crippen LogP contribution in [-0.2, 0) is 21.4 Å². The topological polar surface area (TPSA) is 82.9 Å². The zero-order valence-electron chi connectivity index (χ0n) is 17.5. The van der Waals surface area contributed by atoms with Crippen molar-refractivity contribution in [2.45, 2.75) is 45.2 Å². The van der Waals surface area contributed by atoms with Gasteiger partial charge in [0, 0.05) is 18.8 Å². The van der Waals surface area contributed by atoms with Gasteiger partial charge in [0.25, 0.3) is 10.0 Å². The molecular formula is C21H29N3O4S. The third-order valence-electron chi connectivity index (χ3n) is 5.08. The van der Waals surface area contributed by atoms with E-state index in [0.29, 0.717) is 25.4 Å². The van der Waals surface area contributed by atoms with Gasteiger partial charge in [0.15, 0.2) is 0 Å². The van der Waals surface area contributed by atoms with Gasteiger partial charge in [-0.15, -0.1) is 0 Å². The van der Waals surface area contributed by atoms with Gasteiger partial charge in [-0.2, -0.15) is 4.31 Å². The van der Waals surface area contributed by atoms with Crippen LogP contribution in [0.2, 0.25) is 0 Å². The molecule has 1 N–H and O–H groups in total. The number of nitrogens with zero attached hydrogens (tertiary/aromatic N) is 2. The smallest absolute Gasteiger partial charge is 0.276 e. The number of carbonyl (C=O) groups is 1. The second kappa shape index (κ2) is 8.69. The van der Waals surface area contributed by atoms with Crippen LogP contribution in [0.3, 0.4) is 0 Å². The van der Waals surface area contributed by atoms with Gasteiger partial charge in [-0.1, -0.05) is 17.7 Å². The molecule has 0 aliphatic carbocycles. The molecule has 2 heterocycles. The number of likely N-dealkylation sites (N-methyl/N-ethyl adjacent to an activating group) is 1. The minimum atomic E-state index is -3.56. The first-order chi connectivity index (χ1) is 13.7. The molecule has 1 saturated heterocycles. The zero-order valence-corrected chi connectivity index (χ0v) is 18.3. The van der Waals surface area contributed by atoms with E-state index in [1.165, 1.54) is 10.4 Å². The third kappa shape index (κ3) is 5.07. The molecule has 0 atom stereocenters. The number of rotatable bonds is 7. The normalized spacial score (nSPS) is 15.2. The van der Waals surface area contributed by atoms with E-state index in [-0.39, 0.29) is 17.5 Å². The zero-order chi connectivity index (χ0) is 21.2. The molecule has 1 aromatic carbocycles.